The molecule has 0 radical (unpaired) electrons. The maximum Gasteiger partial charge on any atom is 0.0510 e. The van der Waals surface area contributed by atoms with Crippen molar-refractivity contribution in [2.24, 2.45) is 5.92 Å². The van der Waals surface area contributed by atoms with E-state index in [9.17, 15) is 0 Å². The van der Waals surface area contributed by atoms with Crippen LogP contribution >= 0.6 is 0 Å². The summed E-state index contributed by atoms with van der Waals surface area (Å²) in [7, 11) is 0. The van der Waals surface area contributed by atoms with Crippen LogP contribution in [0.4, 0.5) is 0 Å². The van der Waals surface area contributed by atoms with E-state index in [4.69, 9.17) is 4.74 Å². The van der Waals surface area contributed by atoms with Crippen molar-refractivity contribution in [3.63, 3.8) is 0 Å². The van der Waals surface area contributed by atoms with Crippen LogP contribution in [0.25, 0.3) is 0 Å². The molecule has 2 aliphatic heterocycles. The summed E-state index contributed by atoms with van der Waals surface area (Å²) in [5.41, 5.74) is 0.297. The number of rotatable bonds is 6. The maximum atomic E-state index is 5.63. The second-order valence-corrected chi connectivity index (χ2v) is 6.06. The van der Waals surface area contributed by atoms with Gasteiger partial charge in [0.2, 0.25) is 0 Å². The third kappa shape index (κ3) is 2.73. The zero-order valence-corrected chi connectivity index (χ0v) is 12.4. The van der Waals surface area contributed by atoms with E-state index in [2.05, 4.69) is 31.0 Å². The van der Waals surface area contributed by atoms with Crippen molar-refractivity contribution >= 4 is 0 Å². The first-order valence-corrected chi connectivity index (χ1v) is 7.78. The van der Waals surface area contributed by atoms with E-state index in [1.165, 1.54) is 38.8 Å². The topological polar surface area (TPSA) is 24.5 Å². The molecule has 3 unspecified atom stereocenters. The van der Waals surface area contributed by atoms with Gasteiger partial charge in [0, 0.05) is 24.1 Å². The molecule has 0 aromatic rings. The number of likely N-dealkylation sites (tertiary alicyclic amines) is 1. The van der Waals surface area contributed by atoms with Crippen molar-refractivity contribution in [1.82, 2.24) is 10.2 Å². The Morgan fingerprint density at radius 1 is 1.33 bits per heavy atom. The highest BCUT2D eigenvalue weighted by atomic mass is 16.5. The number of nitrogens with zero attached hydrogens (tertiary/aromatic N) is 1. The van der Waals surface area contributed by atoms with Crippen LogP contribution in [-0.2, 0) is 4.74 Å². The van der Waals surface area contributed by atoms with E-state index < -0.39 is 0 Å². The number of nitrogens with one attached hydrogen (secondary N) is 1. The minimum absolute atomic E-state index is 0.297. The molecule has 2 rings (SSSR count). The van der Waals surface area contributed by atoms with Gasteiger partial charge in [0.1, 0.15) is 0 Å². The number of likely N-dealkylation sites (N-methyl/N-ethyl adjacent to an activating group) is 1. The zero-order chi connectivity index (χ0) is 13.0. The lowest BCUT2D eigenvalue weighted by Crippen LogP contribution is -2.61. The third-order valence-electron chi connectivity index (χ3n) is 5.07. The normalized spacial score (nSPS) is 30.5. The van der Waals surface area contributed by atoms with E-state index in [0.29, 0.717) is 17.5 Å². The van der Waals surface area contributed by atoms with Gasteiger partial charge in [-0.3, -0.25) is 4.90 Å². The predicted molar refractivity (Wildman–Crippen MR) is 75.9 cm³/mol. The molecule has 0 spiro atoms. The largest absolute Gasteiger partial charge is 0.381 e. The second kappa shape index (κ2) is 6.36. The van der Waals surface area contributed by atoms with Gasteiger partial charge in [0.15, 0.2) is 0 Å². The van der Waals surface area contributed by atoms with Crippen LogP contribution in [0.3, 0.4) is 0 Å². The average Bonchev–Trinajstić information content (AvgIpc) is 3.06. The minimum atomic E-state index is 0.297. The lowest BCUT2D eigenvalue weighted by Gasteiger charge is -2.47. The molecule has 0 saturated carbocycles. The molecule has 3 atom stereocenters. The molecular weight excluding hydrogens is 224 g/mol. The van der Waals surface area contributed by atoms with Crippen LogP contribution in [0.2, 0.25) is 0 Å². The number of ether oxygens (including phenoxy) is 1. The van der Waals surface area contributed by atoms with Crippen LogP contribution in [0, 0.1) is 5.92 Å². The molecule has 3 heteroatoms. The van der Waals surface area contributed by atoms with Crippen LogP contribution in [0.15, 0.2) is 0 Å². The molecule has 0 aromatic heterocycles. The molecule has 0 aliphatic carbocycles. The third-order valence-corrected chi connectivity index (χ3v) is 5.07. The molecule has 0 amide bonds. The summed E-state index contributed by atoms with van der Waals surface area (Å²) >= 11 is 0. The van der Waals surface area contributed by atoms with Gasteiger partial charge < -0.3 is 10.1 Å². The predicted octanol–water partition coefficient (Wildman–Crippen LogP) is 2.27. The van der Waals surface area contributed by atoms with Gasteiger partial charge in [-0.05, 0) is 52.2 Å². The summed E-state index contributed by atoms with van der Waals surface area (Å²) in [5.74, 6) is 0.690. The summed E-state index contributed by atoms with van der Waals surface area (Å²) in [6.07, 6.45) is 5.19. The molecule has 0 bridgehead atoms. The highest BCUT2D eigenvalue weighted by Gasteiger charge is 2.43. The second-order valence-electron chi connectivity index (χ2n) is 6.06. The van der Waals surface area contributed by atoms with Gasteiger partial charge in [0.05, 0.1) is 6.61 Å². The van der Waals surface area contributed by atoms with Crippen molar-refractivity contribution in [3.8, 4) is 0 Å². The molecule has 2 aliphatic rings. The molecule has 1 N–H and O–H groups in total. The van der Waals surface area contributed by atoms with Crippen LogP contribution < -0.4 is 5.32 Å². The molecule has 18 heavy (non-hydrogen) atoms. The van der Waals surface area contributed by atoms with Gasteiger partial charge in [-0.15, -0.1) is 0 Å². The summed E-state index contributed by atoms with van der Waals surface area (Å²) in [6, 6.07) is 0.577. The minimum Gasteiger partial charge on any atom is -0.381 e. The van der Waals surface area contributed by atoms with Crippen LogP contribution in [-0.4, -0.2) is 49.3 Å². The van der Waals surface area contributed by atoms with Crippen molar-refractivity contribution in [2.45, 2.75) is 58.0 Å². The fourth-order valence-corrected chi connectivity index (χ4v) is 3.80. The highest BCUT2D eigenvalue weighted by molar-refractivity contribution is 5.01. The maximum absolute atomic E-state index is 5.63. The Hall–Kier alpha value is -0.120. The van der Waals surface area contributed by atoms with E-state index in [0.717, 1.165) is 19.8 Å². The fourth-order valence-electron chi connectivity index (χ4n) is 3.80. The summed E-state index contributed by atoms with van der Waals surface area (Å²) in [5, 5.41) is 3.77. The van der Waals surface area contributed by atoms with Crippen molar-refractivity contribution in [2.75, 3.05) is 32.8 Å². The van der Waals surface area contributed by atoms with Gasteiger partial charge >= 0.3 is 0 Å². The molecule has 2 fully saturated rings. The standard InChI is InChI=1S/C15H30N2O/c1-4-15(3,17-9-6-7-10-17)14(16-5-2)13-8-11-18-12-13/h13-14,16H,4-12H2,1-3H3. The van der Waals surface area contributed by atoms with Gasteiger partial charge in [-0.1, -0.05) is 13.8 Å². The number of hydrogen-bond donors (Lipinski definition) is 1. The molecular formula is C15H30N2O. The van der Waals surface area contributed by atoms with Gasteiger partial charge in [-0.2, -0.15) is 0 Å². The fraction of sp³-hybridized carbons (Fsp3) is 1.00. The van der Waals surface area contributed by atoms with E-state index in [-0.39, 0.29) is 0 Å². The van der Waals surface area contributed by atoms with Crippen LogP contribution in [0.1, 0.15) is 46.5 Å². The molecule has 2 saturated heterocycles. The molecule has 2 heterocycles. The smallest absolute Gasteiger partial charge is 0.0510 e. The van der Waals surface area contributed by atoms with Gasteiger partial charge in [0.25, 0.3) is 0 Å². The van der Waals surface area contributed by atoms with Crippen molar-refractivity contribution in [1.29, 1.82) is 0 Å². The van der Waals surface area contributed by atoms with E-state index >= 15 is 0 Å². The Morgan fingerprint density at radius 2 is 2.06 bits per heavy atom. The quantitative estimate of drug-likeness (QED) is 0.787. The SMILES string of the molecule is CCNC(C1CCOC1)C(C)(CC)N1CCCC1. The van der Waals surface area contributed by atoms with Crippen LogP contribution in [0.5, 0.6) is 0 Å². The first-order chi connectivity index (χ1) is 8.72. The Kier molecular flexibility index (Phi) is 5.05. The lowest BCUT2D eigenvalue weighted by atomic mass is 9.79. The molecule has 3 nitrogen and oxygen atoms in total. The summed E-state index contributed by atoms with van der Waals surface area (Å²) in [4.78, 5) is 2.72. The van der Waals surface area contributed by atoms with E-state index in [1.807, 2.05) is 0 Å². The number of hydrogen-bond acceptors (Lipinski definition) is 3. The van der Waals surface area contributed by atoms with E-state index in [1.54, 1.807) is 0 Å². The Morgan fingerprint density at radius 3 is 2.56 bits per heavy atom. The Balaban J connectivity index is 2.13. The van der Waals surface area contributed by atoms with Crippen molar-refractivity contribution in [3.05, 3.63) is 0 Å². The summed E-state index contributed by atoms with van der Waals surface area (Å²) < 4.78 is 5.63. The Bertz CT molecular complexity index is 247. The first-order valence-electron chi connectivity index (χ1n) is 7.78. The Labute approximate surface area is 112 Å². The monoisotopic (exact) mass is 254 g/mol. The zero-order valence-electron chi connectivity index (χ0n) is 12.4. The summed E-state index contributed by atoms with van der Waals surface area (Å²) in [6.45, 7) is 12.5. The van der Waals surface area contributed by atoms with Crippen molar-refractivity contribution < 1.29 is 4.74 Å². The van der Waals surface area contributed by atoms with Gasteiger partial charge in [-0.25, -0.2) is 0 Å². The first kappa shape index (κ1) is 14.3. The lowest BCUT2D eigenvalue weighted by molar-refractivity contribution is 0.0530. The highest BCUT2D eigenvalue weighted by Crippen LogP contribution is 2.34. The molecule has 0 aromatic carbocycles. The molecule has 106 valence electrons. The average molecular weight is 254 g/mol.